The molecule has 4 heteroatoms. The number of amides is 1. The molecule has 3 aromatic rings. The van der Waals surface area contributed by atoms with Gasteiger partial charge in [0.25, 0.3) is 5.91 Å². The van der Waals surface area contributed by atoms with Crippen molar-refractivity contribution < 1.29 is 9.53 Å². The summed E-state index contributed by atoms with van der Waals surface area (Å²) in [6, 6.07) is 20.6. The molecule has 0 aliphatic rings. The van der Waals surface area contributed by atoms with Crippen molar-refractivity contribution in [2.75, 3.05) is 20.3 Å². The van der Waals surface area contributed by atoms with Gasteiger partial charge in [-0.1, -0.05) is 48.9 Å². The van der Waals surface area contributed by atoms with E-state index in [1.165, 1.54) is 16.7 Å². The largest absolute Gasteiger partial charge is 0.383 e. The van der Waals surface area contributed by atoms with Crippen molar-refractivity contribution in [3.63, 3.8) is 0 Å². The Morgan fingerprint density at radius 1 is 1.00 bits per heavy atom. The van der Waals surface area contributed by atoms with Crippen LogP contribution in [0.15, 0.2) is 66.9 Å². The van der Waals surface area contributed by atoms with Crippen molar-refractivity contribution in [1.29, 1.82) is 0 Å². The Morgan fingerprint density at radius 2 is 1.69 bits per heavy atom. The van der Waals surface area contributed by atoms with E-state index in [0.717, 1.165) is 24.2 Å². The maximum Gasteiger partial charge on any atom is 0.254 e. The summed E-state index contributed by atoms with van der Waals surface area (Å²) in [5.41, 5.74) is 5.57. The minimum Gasteiger partial charge on any atom is -0.383 e. The Morgan fingerprint density at radius 3 is 2.34 bits per heavy atom. The van der Waals surface area contributed by atoms with E-state index in [1.54, 1.807) is 7.11 Å². The minimum absolute atomic E-state index is 0.0350. The molecule has 0 aliphatic heterocycles. The van der Waals surface area contributed by atoms with E-state index in [2.05, 4.69) is 54.9 Å². The molecule has 152 valence electrons. The zero-order chi connectivity index (χ0) is 20.6. The lowest BCUT2D eigenvalue weighted by atomic mass is 10.1. The lowest BCUT2D eigenvalue weighted by Gasteiger charge is -2.23. The smallest absolute Gasteiger partial charge is 0.254 e. The van der Waals surface area contributed by atoms with Gasteiger partial charge >= 0.3 is 0 Å². The summed E-state index contributed by atoms with van der Waals surface area (Å²) >= 11 is 0. The molecule has 0 unspecified atom stereocenters. The van der Waals surface area contributed by atoms with Crippen molar-refractivity contribution in [2.45, 2.75) is 33.4 Å². The van der Waals surface area contributed by atoms with Gasteiger partial charge in [-0.3, -0.25) is 4.79 Å². The monoisotopic (exact) mass is 390 g/mol. The Balaban J connectivity index is 1.77. The van der Waals surface area contributed by atoms with Crippen molar-refractivity contribution >= 4 is 5.91 Å². The molecule has 1 heterocycles. The fourth-order valence-corrected chi connectivity index (χ4v) is 3.35. The first-order valence-corrected chi connectivity index (χ1v) is 10.2. The van der Waals surface area contributed by atoms with Crippen LogP contribution >= 0.6 is 0 Å². The van der Waals surface area contributed by atoms with E-state index in [9.17, 15) is 4.79 Å². The van der Waals surface area contributed by atoms with Gasteiger partial charge in [-0.25, -0.2) is 0 Å². The van der Waals surface area contributed by atoms with Gasteiger partial charge in [-0.2, -0.15) is 0 Å². The van der Waals surface area contributed by atoms with Gasteiger partial charge in [0, 0.05) is 37.7 Å². The van der Waals surface area contributed by atoms with Crippen LogP contribution in [0.1, 0.15) is 39.7 Å². The quantitative estimate of drug-likeness (QED) is 0.531. The van der Waals surface area contributed by atoms with E-state index in [-0.39, 0.29) is 5.91 Å². The number of aryl methyl sites for hydroxylation is 2. The lowest BCUT2D eigenvalue weighted by molar-refractivity contribution is 0.0676. The van der Waals surface area contributed by atoms with Gasteiger partial charge in [0.2, 0.25) is 0 Å². The second-order valence-electron chi connectivity index (χ2n) is 7.38. The van der Waals surface area contributed by atoms with Crippen molar-refractivity contribution in [2.24, 2.45) is 0 Å². The number of hydrogen-bond donors (Lipinski definition) is 0. The molecular weight excluding hydrogens is 360 g/mol. The topological polar surface area (TPSA) is 34.5 Å². The van der Waals surface area contributed by atoms with Crippen LogP contribution in [-0.2, 0) is 24.2 Å². The fraction of sp³-hybridized carbons (Fsp3) is 0.320. The van der Waals surface area contributed by atoms with E-state index in [4.69, 9.17) is 4.74 Å². The first-order chi connectivity index (χ1) is 14.1. The summed E-state index contributed by atoms with van der Waals surface area (Å²) in [4.78, 5) is 15.0. The van der Waals surface area contributed by atoms with Crippen LogP contribution in [0.2, 0.25) is 0 Å². The highest BCUT2D eigenvalue weighted by atomic mass is 16.5. The van der Waals surface area contributed by atoms with Gasteiger partial charge in [0.05, 0.1) is 13.2 Å². The fourth-order valence-electron chi connectivity index (χ4n) is 3.35. The number of ether oxygens (including phenoxy) is 1. The van der Waals surface area contributed by atoms with Gasteiger partial charge in [0.15, 0.2) is 0 Å². The van der Waals surface area contributed by atoms with Crippen LogP contribution in [0.25, 0.3) is 0 Å². The maximum atomic E-state index is 13.1. The lowest BCUT2D eigenvalue weighted by Crippen LogP contribution is -2.34. The molecule has 3 rings (SSSR count). The number of rotatable bonds is 9. The third-order valence-electron chi connectivity index (χ3n) is 5.21. The van der Waals surface area contributed by atoms with Crippen LogP contribution < -0.4 is 0 Å². The van der Waals surface area contributed by atoms with Gasteiger partial charge < -0.3 is 14.2 Å². The van der Waals surface area contributed by atoms with E-state index < -0.39 is 0 Å². The molecule has 0 saturated carbocycles. The Labute approximate surface area is 173 Å². The van der Waals surface area contributed by atoms with E-state index in [1.807, 2.05) is 35.2 Å². The van der Waals surface area contributed by atoms with Crippen LogP contribution in [-0.4, -0.2) is 35.6 Å². The number of benzene rings is 2. The van der Waals surface area contributed by atoms with Gasteiger partial charge in [-0.15, -0.1) is 0 Å². The predicted octanol–water partition coefficient (Wildman–Crippen LogP) is 4.70. The summed E-state index contributed by atoms with van der Waals surface area (Å²) < 4.78 is 7.46. The number of nitrogens with zero attached hydrogens (tertiary/aromatic N) is 2. The molecule has 1 aromatic heterocycles. The van der Waals surface area contributed by atoms with Crippen LogP contribution in [0.4, 0.5) is 0 Å². The highest BCUT2D eigenvalue weighted by Crippen LogP contribution is 2.15. The number of aromatic nitrogens is 1. The molecule has 0 atom stereocenters. The average Bonchev–Trinajstić information content (AvgIpc) is 3.18. The summed E-state index contributed by atoms with van der Waals surface area (Å²) in [6.45, 7) is 6.62. The summed E-state index contributed by atoms with van der Waals surface area (Å²) in [5, 5.41) is 0. The third kappa shape index (κ3) is 5.58. The molecule has 29 heavy (non-hydrogen) atoms. The summed E-state index contributed by atoms with van der Waals surface area (Å²) in [7, 11) is 1.67. The predicted molar refractivity (Wildman–Crippen MR) is 117 cm³/mol. The zero-order valence-corrected chi connectivity index (χ0v) is 17.6. The van der Waals surface area contributed by atoms with Crippen molar-refractivity contribution in [3.8, 4) is 0 Å². The molecule has 0 saturated heterocycles. The van der Waals surface area contributed by atoms with Crippen LogP contribution in [0.5, 0.6) is 0 Å². The standard InChI is InChI=1S/C25H30N2O2/c1-4-21-11-13-23(14-12-21)25(28)27(16-17-29-3)19-24-6-5-15-26(24)18-22-9-7-20(2)8-10-22/h5-15H,4,16-19H2,1-3H3. The Bertz CT molecular complexity index is 911. The summed E-state index contributed by atoms with van der Waals surface area (Å²) in [5.74, 6) is 0.0350. The molecule has 1 amide bonds. The maximum absolute atomic E-state index is 13.1. The summed E-state index contributed by atoms with van der Waals surface area (Å²) in [6.07, 6.45) is 3.04. The highest BCUT2D eigenvalue weighted by Gasteiger charge is 2.17. The normalized spacial score (nSPS) is 10.9. The molecule has 4 nitrogen and oxygen atoms in total. The zero-order valence-electron chi connectivity index (χ0n) is 17.6. The first-order valence-electron chi connectivity index (χ1n) is 10.2. The number of methoxy groups -OCH3 is 1. The molecule has 2 aromatic carbocycles. The molecule has 0 aliphatic carbocycles. The minimum atomic E-state index is 0.0350. The second kappa shape index (κ2) is 10.1. The SMILES string of the molecule is CCc1ccc(C(=O)N(CCOC)Cc2cccn2Cc2ccc(C)cc2)cc1. The number of carbonyl (C=O) groups excluding carboxylic acids is 1. The molecule has 0 radical (unpaired) electrons. The molecule has 0 bridgehead atoms. The molecule has 0 N–H and O–H groups in total. The second-order valence-corrected chi connectivity index (χ2v) is 7.38. The van der Waals surface area contributed by atoms with Crippen molar-refractivity contribution in [3.05, 3.63) is 94.8 Å². The third-order valence-corrected chi connectivity index (χ3v) is 5.21. The molecule has 0 spiro atoms. The van der Waals surface area contributed by atoms with Crippen molar-refractivity contribution in [1.82, 2.24) is 9.47 Å². The van der Waals surface area contributed by atoms with Crippen LogP contribution in [0, 0.1) is 6.92 Å². The van der Waals surface area contributed by atoms with E-state index >= 15 is 0 Å². The van der Waals surface area contributed by atoms with Gasteiger partial charge in [0.1, 0.15) is 0 Å². The van der Waals surface area contributed by atoms with Gasteiger partial charge in [-0.05, 0) is 48.7 Å². The van der Waals surface area contributed by atoms with Crippen LogP contribution in [0.3, 0.4) is 0 Å². The highest BCUT2D eigenvalue weighted by molar-refractivity contribution is 5.94. The number of hydrogen-bond acceptors (Lipinski definition) is 2. The Hall–Kier alpha value is -2.85. The average molecular weight is 391 g/mol. The first kappa shape index (κ1) is 20.9. The van der Waals surface area contributed by atoms with E-state index in [0.29, 0.717) is 19.7 Å². The molecule has 0 fully saturated rings. The molecular formula is C25H30N2O2. The number of carbonyl (C=O) groups is 1. The Kier molecular flexibility index (Phi) is 7.25.